The lowest BCUT2D eigenvalue weighted by Gasteiger charge is -2.28. The van der Waals surface area contributed by atoms with Crippen LogP contribution in [0, 0.1) is 0 Å². The molecule has 2 nitrogen and oxygen atoms in total. The van der Waals surface area contributed by atoms with Gasteiger partial charge in [-0.2, -0.15) is 0 Å². The molecular formula is C12H18N2S. The molecule has 0 heterocycles. The van der Waals surface area contributed by atoms with Crippen LogP contribution in [0.25, 0.3) is 0 Å². The Kier molecular flexibility index (Phi) is 4.56. The molecule has 0 aliphatic heterocycles. The maximum Gasteiger partial charge on any atom is 0.169 e. The van der Waals surface area contributed by atoms with Gasteiger partial charge in [-0.05, 0) is 31.6 Å². The van der Waals surface area contributed by atoms with Crippen LogP contribution < -0.4 is 5.32 Å². The van der Waals surface area contributed by atoms with Crippen LogP contribution in [0.5, 0.6) is 0 Å². The maximum absolute atomic E-state index is 5.27. The van der Waals surface area contributed by atoms with Crippen LogP contribution in [-0.4, -0.2) is 23.1 Å². The van der Waals surface area contributed by atoms with Gasteiger partial charge in [-0.25, -0.2) is 0 Å². The van der Waals surface area contributed by atoms with Crippen molar-refractivity contribution in [3.05, 3.63) is 35.9 Å². The Morgan fingerprint density at radius 3 is 2.40 bits per heavy atom. The second-order valence-corrected chi connectivity index (χ2v) is 4.15. The molecule has 0 aliphatic rings. The summed E-state index contributed by atoms with van der Waals surface area (Å²) in [6, 6.07) is 10.8. The van der Waals surface area contributed by atoms with Gasteiger partial charge in [0.2, 0.25) is 0 Å². The van der Waals surface area contributed by atoms with Crippen LogP contribution in [0.1, 0.15) is 19.4 Å². The summed E-state index contributed by atoms with van der Waals surface area (Å²) in [7, 11) is 1.86. The third-order valence-electron chi connectivity index (χ3n) is 2.29. The summed E-state index contributed by atoms with van der Waals surface area (Å²) in [6.07, 6.45) is 0. The second kappa shape index (κ2) is 5.71. The van der Waals surface area contributed by atoms with Crippen molar-refractivity contribution in [3.63, 3.8) is 0 Å². The molecule has 0 unspecified atom stereocenters. The predicted octanol–water partition coefficient (Wildman–Crippen LogP) is 2.40. The molecule has 1 aromatic carbocycles. The van der Waals surface area contributed by atoms with Crippen molar-refractivity contribution in [1.29, 1.82) is 0 Å². The molecule has 1 N–H and O–H groups in total. The highest BCUT2D eigenvalue weighted by Crippen LogP contribution is 2.08. The summed E-state index contributed by atoms with van der Waals surface area (Å²) < 4.78 is 0. The molecule has 0 radical (unpaired) electrons. The molecule has 0 amide bonds. The van der Waals surface area contributed by atoms with E-state index in [-0.39, 0.29) is 0 Å². The minimum absolute atomic E-state index is 0.408. The maximum atomic E-state index is 5.27. The van der Waals surface area contributed by atoms with E-state index in [4.69, 9.17) is 12.2 Å². The van der Waals surface area contributed by atoms with Crippen molar-refractivity contribution in [2.45, 2.75) is 26.4 Å². The van der Waals surface area contributed by atoms with E-state index < -0.39 is 0 Å². The van der Waals surface area contributed by atoms with Gasteiger partial charge in [-0.1, -0.05) is 30.3 Å². The van der Waals surface area contributed by atoms with Crippen LogP contribution in [0.3, 0.4) is 0 Å². The predicted molar refractivity (Wildman–Crippen MR) is 68.8 cm³/mol. The lowest BCUT2D eigenvalue weighted by Crippen LogP contribution is -2.41. The van der Waals surface area contributed by atoms with Gasteiger partial charge in [-0.15, -0.1) is 0 Å². The van der Waals surface area contributed by atoms with E-state index in [1.807, 2.05) is 13.1 Å². The van der Waals surface area contributed by atoms with Gasteiger partial charge in [0, 0.05) is 19.6 Å². The van der Waals surface area contributed by atoms with Gasteiger partial charge in [0.1, 0.15) is 0 Å². The van der Waals surface area contributed by atoms with E-state index in [0.29, 0.717) is 6.04 Å². The van der Waals surface area contributed by atoms with Gasteiger partial charge in [0.15, 0.2) is 5.11 Å². The highest BCUT2D eigenvalue weighted by Gasteiger charge is 2.11. The molecule has 0 atom stereocenters. The molecule has 0 aliphatic carbocycles. The van der Waals surface area contributed by atoms with E-state index in [1.54, 1.807) is 0 Å². The Balaban J connectivity index is 2.72. The summed E-state index contributed by atoms with van der Waals surface area (Å²) in [5, 5.41) is 3.82. The number of hydrogen-bond donors (Lipinski definition) is 1. The molecule has 82 valence electrons. The summed E-state index contributed by atoms with van der Waals surface area (Å²) in [5.41, 5.74) is 1.28. The van der Waals surface area contributed by atoms with Crippen molar-refractivity contribution < 1.29 is 0 Å². The van der Waals surface area contributed by atoms with Gasteiger partial charge in [-0.3, -0.25) is 0 Å². The minimum atomic E-state index is 0.408. The highest BCUT2D eigenvalue weighted by atomic mass is 32.1. The smallest absolute Gasteiger partial charge is 0.169 e. The molecule has 0 saturated carbocycles. The lowest BCUT2D eigenvalue weighted by molar-refractivity contribution is 0.340. The summed E-state index contributed by atoms with van der Waals surface area (Å²) >= 11 is 5.27. The van der Waals surface area contributed by atoms with E-state index in [1.165, 1.54) is 5.56 Å². The molecule has 3 heteroatoms. The van der Waals surface area contributed by atoms with E-state index in [2.05, 4.69) is 48.3 Å². The molecule has 15 heavy (non-hydrogen) atoms. The first-order valence-electron chi connectivity index (χ1n) is 5.17. The van der Waals surface area contributed by atoms with Crippen LogP contribution >= 0.6 is 12.2 Å². The first-order chi connectivity index (χ1) is 7.15. The number of thiocarbonyl (C=S) groups is 1. The van der Waals surface area contributed by atoms with E-state index >= 15 is 0 Å². The molecule has 0 saturated heterocycles. The molecule has 1 aromatic rings. The quantitative estimate of drug-likeness (QED) is 0.791. The van der Waals surface area contributed by atoms with Crippen LogP contribution in [-0.2, 0) is 6.54 Å². The zero-order chi connectivity index (χ0) is 11.3. The third kappa shape index (κ3) is 3.51. The molecule has 0 bridgehead atoms. The Morgan fingerprint density at radius 1 is 1.33 bits per heavy atom. The molecule has 0 spiro atoms. The number of nitrogens with one attached hydrogen (secondary N) is 1. The summed E-state index contributed by atoms with van der Waals surface area (Å²) in [5.74, 6) is 0. The Hall–Kier alpha value is -1.09. The van der Waals surface area contributed by atoms with Crippen molar-refractivity contribution in [3.8, 4) is 0 Å². The number of nitrogens with zero attached hydrogens (tertiary/aromatic N) is 1. The SMILES string of the molecule is CNC(=S)N(Cc1ccccc1)C(C)C. The first-order valence-corrected chi connectivity index (χ1v) is 5.58. The van der Waals surface area contributed by atoms with Crippen molar-refractivity contribution in [2.75, 3.05) is 7.05 Å². The van der Waals surface area contributed by atoms with Crippen LogP contribution in [0.15, 0.2) is 30.3 Å². The van der Waals surface area contributed by atoms with Gasteiger partial charge < -0.3 is 10.2 Å². The number of benzene rings is 1. The standard InChI is InChI=1S/C12H18N2S/c1-10(2)14(12(15)13-3)9-11-7-5-4-6-8-11/h4-8,10H,9H2,1-3H3,(H,13,15). The number of hydrogen-bond acceptors (Lipinski definition) is 1. The fourth-order valence-electron chi connectivity index (χ4n) is 1.41. The Morgan fingerprint density at radius 2 is 1.93 bits per heavy atom. The lowest BCUT2D eigenvalue weighted by atomic mass is 10.2. The van der Waals surface area contributed by atoms with E-state index in [0.717, 1.165) is 11.7 Å². The molecule has 0 aromatic heterocycles. The number of rotatable bonds is 3. The zero-order valence-electron chi connectivity index (χ0n) is 9.53. The largest absolute Gasteiger partial charge is 0.366 e. The van der Waals surface area contributed by atoms with Gasteiger partial charge in [0.05, 0.1) is 0 Å². The van der Waals surface area contributed by atoms with Crippen LogP contribution in [0.4, 0.5) is 0 Å². The fraction of sp³-hybridized carbons (Fsp3) is 0.417. The zero-order valence-corrected chi connectivity index (χ0v) is 10.3. The molecule has 0 fully saturated rings. The van der Waals surface area contributed by atoms with Crippen LogP contribution in [0.2, 0.25) is 0 Å². The monoisotopic (exact) mass is 222 g/mol. The normalized spacial score (nSPS) is 10.1. The average molecular weight is 222 g/mol. The average Bonchev–Trinajstić information content (AvgIpc) is 2.26. The minimum Gasteiger partial charge on any atom is -0.366 e. The van der Waals surface area contributed by atoms with Gasteiger partial charge in [0.25, 0.3) is 0 Å². The second-order valence-electron chi connectivity index (χ2n) is 3.76. The van der Waals surface area contributed by atoms with Crippen molar-refractivity contribution in [2.24, 2.45) is 0 Å². The summed E-state index contributed by atoms with van der Waals surface area (Å²) in [4.78, 5) is 2.17. The van der Waals surface area contributed by atoms with Crippen molar-refractivity contribution in [1.82, 2.24) is 10.2 Å². The first kappa shape index (κ1) is 12.0. The van der Waals surface area contributed by atoms with E-state index in [9.17, 15) is 0 Å². The Labute approximate surface area is 97.3 Å². The topological polar surface area (TPSA) is 15.3 Å². The summed E-state index contributed by atoms with van der Waals surface area (Å²) in [6.45, 7) is 5.15. The Bertz CT molecular complexity index is 309. The highest BCUT2D eigenvalue weighted by molar-refractivity contribution is 7.80. The van der Waals surface area contributed by atoms with Gasteiger partial charge >= 0.3 is 0 Å². The fourth-order valence-corrected chi connectivity index (χ4v) is 1.69. The van der Waals surface area contributed by atoms with Crippen molar-refractivity contribution >= 4 is 17.3 Å². The molecule has 1 rings (SSSR count). The molecular weight excluding hydrogens is 204 g/mol. The third-order valence-corrected chi connectivity index (χ3v) is 2.73.